The summed E-state index contributed by atoms with van der Waals surface area (Å²) < 4.78 is 38.2. The van der Waals surface area contributed by atoms with Crippen molar-refractivity contribution in [3.63, 3.8) is 0 Å². The molecule has 2 aromatic rings. The number of nitrogens with zero attached hydrogens (tertiary/aromatic N) is 1. The van der Waals surface area contributed by atoms with Gasteiger partial charge in [0.05, 0.1) is 17.3 Å². The second kappa shape index (κ2) is 7.84. The minimum absolute atomic E-state index is 0.0233. The van der Waals surface area contributed by atoms with E-state index in [2.05, 4.69) is 18.7 Å². The number of alkyl halides is 1. The number of hydrogen-bond donors (Lipinski definition) is 0. The summed E-state index contributed by atoms with van der Waals surface area (Å²) in [5, 5.41) is 0. The van der Waals surface area contributed by atoms with Gasteiger partial charge in [0.2, 0.25) is 0 Å². The van der Waals surface area contributed by atoms with Gasteiger partial charge in [-0.3, -0.25) is 4.39 Å². The third kappa shape index (κ3) is 4.13. The van der Waals surface area contributed by atoms with Crippen LogP contribution in [0.4, 0.5) is 4.39 Å². The molecule has 0 bridgehead atoms. The number of sulfone groups is 1. The molecule has 2 fully saturated rings. The summed E-state index contributed by atoms with van der Waals surface area (Å²) in [7, 11) is -3.37. The summed E-state index contributed by atoms with van der Waals surface area (Å²) in [6.07, 6.45) is 1.76. The Hall–Kier alpha value is -1.72. The number of fused-ring (bicyclic) bond motifs is 1. The third-order valence-corrected chi connectivity index (χ3v) is 8.32. The summed E-state index contributed by atoms with van der Waals surface area (Å²) in [5.74, 6) is 1.08. The van der Waals surface area contributed by atoms with Gasteiger partial charge in [-0.25, -0.2) is 8.42 Å². The van der Waals surface area contributed by atoms with Crippen molar-refractivity contribution in [3.8, 4) is 0 Å². The maximum absolute atomic E-state index is 12.9. The Kier molecular flexibility index (Phi) is 5.56. The highest BCUT2D eigenvalue weighted by Gasteiger charge is 2.60. The Bertz CT molecular complexity index is 953. The van der Waals surface area contributed by atoms with Crippen LogP contribution in [0.15, 0.2) is 53.4 Å². The minimum Gasteiger partial charge on any atom is -0.302 e. The van der Waals surface area contributed by atoms with Crippen LogP contribution >= 0.6 is 0 Å². The van der Waals surface area contributed by atoms with Crippen LogP contribution in [-0.2, 0) is 21.0 Å². The molecular formula is C24H30FNO2S. The fourth-order valence-electron chi connectivity index (χ4n) is 4.78. The zero-order valence-electron chi connectivity index (χ0n) is 17.3. The van der Waals surface area contributed by atoms with Crippen LogP contribution in [0, 0.1) is 5.92 Å². The molecule has 1 saturated heterocycles. The van der Waals surface area contributed by atoms with Crippen molar-refractivity contribution >= 4 is 9.84 Å². The second-order valence-electron chi connectivity index (χ2n) is 9.01. The molecule has 0 amide bonds. The van der Waals surface area contributed by atoms with Gasteiger partial charge in [-0.15, -0.1) is 0 Å². The van der Waals surface area contributed by atoms with E-state index in [0.29, 0.717) is 23.2 Å². The topological polar surface area (TPSA) is 37.4 Å². The zero-order valence-corrected chi connectivity index (χ0v) is 18.1. The van der Waals surface area contributed by atoms with Gasteiger partial charge in [0.1, 0.15) is 0 Å². The van der Waals surface area contributed by atoms with E-state index >= 15 is 0 Å². The summed E-state index contributed by atoms with van der Waals surface area (Å²) >= 11 is 0. The van der Waals surface area contributed by atoms with Crippen LogP contribution in [0.25, 0.3) is 0 Å². The van der Waals surface area contributed by atoms with Gasteiger partial charge < -0.3 is 4.90 Å². The Morgan fingerprint density at radius 3 is 2.41 bits per heavy atom. The van der Waals surface area contributed by atoms with Crippen molar-refractivity contribution in [1.82, 2.24) is 4.90 Å². The Morgan fingerprint density at radius 1 is 1.10 bits per heavy atom. The SMILES string of the molecule is CC(C)c1ccc(CS(=O)(=O)c2ccc([C@]34C[C@H]3CN(CCCF)C4)cc2)cc1. The number of piperidine rings is 1. The largest absolute Gasteiger partial charge is 0.302 e. The van der Waals surface area contributed by atoms with Crippen molar-refractivity contribution in [3.05, 3.63) is 65.2 Å². The first kappa shape index (κ1) is 20.5. The molecule has 0 spiro atoms. The lowest BCUT2D eigenvalue weighted by molar-refractivity contribution is 0.280. The predicted octanol–water partition coefficient (Wildman–Crippen LogP) is 4.72. The van der Waals surface area contributed by atoms with E-state index in [1.165, 1.54) is 11.1 Å². The van der Waals surface area contributed by atoms with Gasteiger partial charge in [-0.05, 0) is 53.5 Å². The molecule has 0 aromatic heterocycles. The quantitative estimate of drug-likeness (QED) is 0.626. The second-order valence-corrected chi connectivity index (χ2v) is 11.0. The Balaban J connectivity index is 1.45. The van der Waals surface area contributed by atoms with Crippen molar-refractivity contribution < 1.29 is 12.8 Å². The standard InChI is InChI=1S/C24H30FNO2S/c1-18(2)20-6-4-19(5-7-20)16-29(27,28)23-10-8-21(9-11-23)24-14-22(24)15-26(17-24)13-3-12-25/h4-11,18,22H,3,12-17H2,1-2H3/t22-,24+/m0/s1. The lowest BCUT2D eigenvalue weighted by atomic mass is 9.95. The smallest absolute Gasteiger partial charge is 0.182 e. The molecule has 1 saturated carbocycles. The first-order valence-corrected chi connectivity index (χ1v) is 12.2. The number of benzene rings is 2. The van der Waals surface area contributed by atoms with Crippen LogP contribution in [0.1, 0.15) is 49.3 Å². The molecule has 5 heteroatoms. The molecule has 2 aliphatic rings. The van der Waals surface area contributed by atoms with Crippen LogP contribution in [-0.4, -0.2) is 39.6 Å². The molecule has 3 nitrogen and oxygen atoms in total. The van der Waals surface area contributed by atoms with Crippen molar-refractivity contribution in [2.75, 3.05) is 26.3 Å². The van der Waals surface area contributed by atoms with Gasteiger partial charge in [-0.1, -0.05) is 50.2 Å². The molecule has 1 aliphatic heterocycles. The van der Waals surface area contributed by atoms with Gasteiger partial charge in [0, 0.05) is 25.0 Å². The normalized spacial score (nSPS) is 24.1. The highest BCUT2D eigenvalue weighted by molar-refractivity contribution is 7.90. The van der Waals surface area contributed by atoms with Crippen LogP contribution < -0.4 is 0 Å². The molecule has 1 aliphatic carbocycles. The third-order valence-electron chi connectivity index (χ3n) is 6.62. The summed E-state index contributed by atoms with van der Waals surface area (Å²) in [5.41, 5.74) is 3.42. The molecule has 156 valence electrons. The number of hydrogen-bond acceptors (Lipinski definition) is 3. The fourth-order valence-corrected chi connectivity index (χ4v) is 6.13. The molecule has 0 N–H and O–H groups in total. The van der Waals surface area contributed by atoms with Gasteiger partial charge in [-0.2, -0.15) is 0 Å². The van der Waals surface area contributed by atoms with Crippen molar-refractivity contribution in [2.45, 2.75) is 48.7 Å². The predicted molar refractivity (Wildman–Crippen MR) is 115 cm³/mol. The van der Waals surface area contributed by atoms with Gasteiger partial charge in [0.25, 0.3) is 0 Å². The molecule has 29 heavy (non-hydrogen) atoms. The van der Waals surface area contributed by atoms with Crippen molar-refractivity contribution in [2.24, 2.45) is 5.92 Å². The van der Waals surface area contributed by atoms with Gasteiger partial charge >= 0.3 is 0 Å². The molecule has 4 rings (SSSR count). The summed E-state index contributed by atoms with van der Waals surface area (Å²) in [6.45, 7) is 6.81. The molecular weight excluding hydrogens is 385 g/mol. The average molecular weight is 416 g/mol. The van der Waals surface area contributed by atoms with E-state index in [1.807, 2.05) is 36.4 Å². The monoisotopic (exact) mass is 415 g/mol. The van der Waals surface area contributed by atoms with E-state index in [9.17, 15) is 12.8 Å². The Labute approximate surface area is 173 Å². The van der Waals surface area contributed by atoms with E-state index < -0.39 is 9.84 Å². The Morgan fingerprint density at radius 2 is 1.79 bits per heavy atom. The first-order chi connectivity index (χ1) is 13.8. The average Bonchev–Trinajstić information content (AvgIpc) is 3.28. The number of likely N-dealkylation sites (tertiary alicyclic amines) is 1. The van der Waals surface area contributed by atoms with E-state index in [1.54, 1.807) is 12.1 Å². The van der Waals surface area contributed by atoms with Crippen LogP contribution in [0.3, 0.4) is 0 Å². The molecule has 0 unspecified atom stereocenters. The highest BCUT2D eigenvalue weighted by atomic mass is 32.2. The summed E-state index contributed by atoms with van der Waals surface area (Å²) in [6, 6.07) is 15.4. The fraction of sp³-hybridized carbons (Fsp3) is 0.500. The first-order valence-electron chi connectivity index (χ1n) is 10.5. The van der Waals surface area contributed by atoms with Crippen LogP contribution in [0.2, 0.25) is 0 Å². The zero-order chi connectivity index (χ0) is 20.6. The van der Waals surface area contributed by atoms with Crippen molar-refractivity contribution in [1.29, 1.82) is 0 Å². The van der Waals surface area contributed by atoms with E-state index in [0.717, 1.165) is 31.6 Å². The maximum atomic E-state index is 12.9. The van der Waals surface area contributed by atoms with E-state index in [4.69, 9.17) is 0 Å². The number of rotatable bonds is 8. The van der Waals surface area contributed by atoms with E-state index in [-0.39, 0.29) is 17.8 Å². The number of halogens is 1. The van der Waals surface area contributed by atoms with Crippen LogP contribution in [0.5, 0.6) is 0 Å². The molecule has 1 heterocycles. The lowest BCUT2D eigenvalue weighted by Gasteiger charge is -2.20. The van der Waals surface area contributed by atoms with Gasteiger partial charge in [0.15, 0.2) is 9.84 Å². The summed E-state index contributed by atoms with van der Waals surface area (Å²) in [4.78, 5) is 2.73. The maximum Gasteiger partial charge on any atom is 0.182 e. The lowest BCUT2D eigenvalue weighted by Crippen LogP contribution is -2.27. The minimum atomic E-state index is -3.37. The molecule has 0 radical (unpaired) electrons. The molecule has 2 aromatic carbocycles. The highest BCUT2D eigenvalue weighted by Crippen LogP contribution is 2.59. The molecule has 2 atom stereocenters.